The highest BCUT2D eigenvalue weighted by molar-refractivity contribution is 7.47. The van der Waals surface area contributed by atoms with E-state index >= 15 is 0 Å². The fourth-order valence-corrected chi connectivity index (χ4v) is 13.4. The molecule has 17 nitrogen and oxygen atoms in total. The molecule has 97 heavy (non-hydrogen) atoms. The number of esters is 4. The van der Waals surface area contributed by atoms with Gasteiger partial charge in [0.05, 0.1) is 26.4 Å². The van der Waals surface area contributed by atoms with E-state index in [2.05, 4.69) is 55.4 Å². The standard InChI is InChI=1S/C78H152O17P2/c1-9-70(7)56-48-40-32-23-19-15-11-13-17-21-25-34-42-50-58-75(80)88-64-73(94-77(82)60-52-44-36-26-22-18-14-12-16-20-24-33-41-49-57-71(8)10-2)66-92-96(84,85)90-62-72(79)63-91-97(86,87)93-67-74(95-78(83)61-53-45-37-29-31-39-47-55-69(5)6)65-89-76(81)59-51-43-35-28-27-30-38-46-54-68(3)4/h68-74,79H,9-67H2,1-8H3,(H,84,85)(H,86,87)/t70?,71?,72?,73-,74-/m1/s1. The maximum atomic E-state index is 13.1. The SMILES string of the molecule is CCC(C)CCCCCCCCCCCCCCCCC(=O)OC[C@H](COP(=O)(O)OCC(O)COP(=O)(O)OC[C@@H](COC(=O)CCCCCCCCCCC(C)C)OC(=O)CCCCCCCCCC(C)C)OC(=O)CCCCCCCCCCCCCCCCC(C)CC. The monoisotopic (exact) mass is 1420 g/mol. The maximum Gasteiger partial charge on any atom is 0.472 e. The first-order valence-corrected chi connectivity index (χ1v) is 43.3. The summed E-state index contributed by atoms with van der Waals surface area (Å²) in [4.78, 5) is 72.9. The lowest BCUT2D eigenvalue weighted by molar-refractivity contribution is -0.161. The van der Waals surface area contributed by atoms with Gasteiger partial charge in [0.25, 0.3) is 0 Å². The molecule has 0 aliphatic rings. The van der Waals surface area contributed by atoms with Crippen LogP contribution in [0.15, 0.2) is 0 Å². The Labute approximate surface area is 594 Å². The van der Waals surface area contributed by atoms with Gasteiger partial charge in [-0.1, -0.05) is 344 Å². The van der Waals surface area contributed by atoms with Gasteiger partial charge in [-0.15, -0.1) is 0 Å². The average Bonchev–Trinajstić information content (AvgIpc) is 2.98. The summed E-state index contributed by atoms with van der Waals surface area (Å²) >= 11 is 0. The van der Waals surface area contributed by atoms with E-state index in [0.29, 0.717) is 31.6 Å². The van der Waals surface area contributed by atoms with E-state index in [9.17, 15) is 43.2 Å². The molecule has 0 saturated heterocycles. The summed E-state index contributed by atoms with van der Waals surface area (Å²) in [5.41, 5.74) is 0. The summed E-state index contributed by atoms with van der Waals surface area (Å²) in [6.07, 6.45) is 52.8. The number of unbranched alkanes of at least 4 members (excludes halogenated alkanes) is 39. The summed E-state index contributed by atoms with van der Waals surface area (Å²) in [6, 6.07) is 0. The predicted octanol–water partition coefficient (Wildman–Crippen LogP) is 22.8. The summed E-state index contributed by atoms with van der Waals surface area (Å²) in [5, 5.41) is 10.6. The van der Waals surface area contributed by atoms with Crippen molar-refractivity contribution in [3.8, 4) is 0 Å². The van der Waals surface area contributed by atoms with Crippen LogP contribution in [0.25, 0.3) is 0 Å². The summed E-state index contributed by atoms with van der Waals surface area (Å²) in [6.45, 7) is 14.2. The number of hydrogen-bond acceptors (Lipinski definition) is 15. The molecule has 5 unspecified atom stereocenters. The molecule has 0 bridgehead atoms. The van der Waals surface area contributed by atoms with Gasteiger partial charge in [0.2, 0.25) is 0 Å². The second-order valence-electron chi connectivity index (χ2n) is 29.5. The van der Waals surface area contributed by atoms with E-state index < -0.39 is 97.5 Å². The Kier molecular flexibility index (Phi) is 65.9. The molecule has 3 N–H and O–H groups in total. The summed E-state index contributed by atoms with van der Waals surface area (Å²) in [7, 11) is -9.92. The fraction of sp³-hybridized carbons (Fsp3) is 0.949. The van der Waals surface area contributed by atoms with Crippen molar-refractivity contribution >= 4 is 39.5 Å². The molecule has 7 atom stereocenters. The zero-order valence-electron chi connectivity index (χ0n) is 63.7. The van der Waals surface area contributed by atoms with Crippen LogP contribution in [0.1, 0.15) is 396 Å². The van der Waals surface area contributed by atoms with Crippen molar-refractivity contribution in [3.63, 3.8) is 0 Å². The van der Waals surface area contributed by atoms with Crippen LogP contribution in [-0.4, -0.2) is 96.7 Å². The molecule has 0 spiro atoms. The van der Waals surface area contributed by atoms with Crippen LogP contribution in [0.4, 0.5) is 0 Å². The van der Waals surface area contributed by atoms with Crippen molar-refractivity contribution in [1.82, 2.24) is 0 Å². The van der Waals surface area contributed by atoms with E-state index in [-0.39, 0.29) is 25.7 Å². The molecular formula is C78H152O17P2. The van der Waals surface area contributed by atoms with Crippen molar-refractivity contribution in [2.75, 3.05) is 39.6 Å². The largest absolute Gasteiger partial charge is 0.472 e. The Morgan fingerprint density at radius 1 is 0.289 bits per heavy atom. The van der Waals surface area contributed by atoms with Gasteiger partial charge in [-0.05, 0) is 49.4 Å². The normalized spacial score (nSPS) is 14.6. The molecule has 0 amide bonds. The van der Waals surface area contributed by atoms with E-state index in [4.69, 9.17) is 37.0 Å². The highest BCUT2D eigenvalue weighted by atomic mass is 31.2. The lowest BCUT2D eigenvalue weighted by atomic mass is 9.99. The van der Waals surface area contributed by atoms with E-state index in [1.54, 1.807) is 0 Å². The number of ether oxygens (including phenoxy) is 4. The van der Waals surface area contributed by atoms with Crippen LogP contribution in [0, 0.1) is 23.7 Å². The Morgan fingerprint density at radius 2 is 0.495 bits per heavy atom. The molecule has 0 aromatic rings. The van der Waals surface area contributed by atoms with Crippen molar-refractivity contribution in [2.24, 2.45) is 23.7 Å². The highest BCUT2D eigenvalue weighted by Crippen LogP contribution is 2.45. The third-order valence-electron chi connectivity index (χ3n) is 18.8. The Bertz CT molecular complexity index is 1910. The number of carbonyl (C=O) groups is 4. The highest BCUT2D eigenvalue weighted by Gasteiger charge is 2.30. The number of hydrogen-bond donors (Lipinski definition) is 3. The Hall–Kier alpha value is -1.94. The van der Waals surface area contributed by atoms with Gasteiger partial charge >= 0.3 is 39.5 Å². The lowest BCUT2D eigenvalue weighted by Crippen LogP contribution is -2.30. The number of carbonyl (C=O) groups excluding carboxylic acids is 4. The first-order valence-electron chi connectivity index (χ1n) is 40.3. The second kappa shape index (κ2) is 67.2. The number of aliphatic hydroxyl groups is 1. The van der Waals surface area contributed by atoms with Gasteiger partial charge in [-0.25, -0.2) is 9.13 Å². The van der Waals surface area contributed by atoms with Crippen LogP contribution < -0.4 is 0 Å². The van der Waals surface area contributed by atoms with Gasteiger partial charge < -0.3 is 33.8 Å². The molecule has 0 saturated carbocycles. The number of phosphoric acid groups is 2. The molecular weight excluding hydrogens is 1270 g/mol. The molecule has 0 aliphatic heterocycles. The van der Waals surface area contributed by atoms with Crippen molar-refractivity contribution < 1.29 is 80.2 Å². The molecule has 19 heteroatoms. The lowest BCUT2D eigenvalue weighted by Gasteiger charge is -2.21. The van der Waals surface area contributed by atoms with Crippen molar-refractivity contribution in [3.05, 3.63) is 0 Å². The summed E-state index contributed by atoms with van der Waals surface area (Å²) in [5.74, 6) is 0.997. The van der Waals surface area contributed by atoms with Crippen LogP contribution in [0.5, 0.6) is 0 Å². The minimum absolute atomic E-state index is 0.103. The quantitative estimate of drug-likeness (QED) is 0.0222. The third kappa shape index (κ3) is 69.5. The van der Waals surface area contributed by atoms with Crippen LogP contribution in [0.2, 0.25) is 0 Å². The van der Waals surface area contributed by atoms with Crippen LogP contribution in [-0.2, 0) is 65.4 Å². The molecule has 0 aromatic heterocycles. The molecule has 576 valence electrons. The van der Waals surface area contributed by atoms with E-state index in [0.717, 1.165) is 108 Å². The van der Waals surface area contributed by atoms with Gasteiger partial charge in [0.1, 0.15) is 19.3 Å². The van der Waals surface area contributed by atoms with Gasteiger partial charge in [0, 0.05) is 25.7 Å². The Morgan fingerprint density at radius 3 is 0.732 bits per heavy atom. The number of phosphoric ester groups is 2. The Balaban J connectivity index is 5.23. The summed E-state index contributed by atoms with van der Waals surface area (Å²) < 4.78 is 68.6. The molecule has 0 aliphatic carbocycles. The molecule has 0 fully saturated rings. The molecule has 0 aromatic carbocycles. The zero-order chi connectivity index (χ0) is 71.7. The first kappa shape index (κ1) is 95.1. The van der Waals surface area contributed by atoms with Crippen molar-refractivity contribution in [1.29, 1.82) is 0 Å². The minimum atomic E-state index is -4.96. The molecule has 0 radical (unpaired) electrons. The second-order valence-corrected chi connectivity index (χ2v) is 32.4. The number of rotatable bonds is 75. The first-order chi connectivity index (χ1) is 46.7. The predicted molar refractivity (Wildman–Crippen MR) is 395 cm³/mol. The maximum absolute atomic E-state index is 13.1. The van der Waals surface area contributed by atoms with E-state index in [1.165, 1.54) is 199 Å². The third-order valence-corrected chi connectivity index (χ3v) is 20.7. The smallest absolute Gasteiger partial charge is 0.462 e. The number of aliphatic hydroxyl groups excluding tert-OH is 1. The van der Waals surface area contributed by atoms with E-state index in [1.807, 2.05) is 0 Å². The zero-order valence-corrected chi connectivity index (χ0v) is 65.5. The topological polar surface area (TPSA) is 237 Å². The molecule has 0 rings (SSSR count). The minimum Gasteiger partial charge on any atom is -0.462 e. The van der Waals surface area contributed by atoms with Crippen LogP contribution >= 0.6 is 15.6 Å². The fourth-order valence-electron chi connectivity index (χ4n) is 11.8. The average molecular weight is 1420 g/mol. The molecule has 0 heterocycles. The van der Waals surface area contributed by atoms with Gasteiger partial charge in [0.15, 0.2) is 12.2 Å². The van der Waals surface area contributed by atoms with Crippen molar-refractivity contribution in [2.45, 2.75) is 414 Å². The van der Waals surface area contributed by atoms with Gasteiger partial charge in [-0.2, -0.15) is 0 Å². The van der Waals surface area contributed by atoms with Gasteiger partial charge in [-0.3, -0.25) is 37.3 Å². The van der Waals surface area contributed by atoms with Crippen LogP contribution in [0.3, 0.4) is 0 Å².